The Labute approximate surface area is 186 Å². The van der Waals surface area contributed by atoms with Crippen molar-refractivity contribution >= 4 is 15.9 Å². The molecule has 3 aromatic rings. The fraction of sp³-hybridized carbons (Fsp3) is 0.261. The van der Waals surface area contributed by atoms with E-state index in [1.54, 1.807) is 12.1 Å². The van der Waals surface area contributed by atoms with E-state index in [1.165, 1.54) is 30.5 Å². The number of carbonyl (C=O) groups excluding carboxylic acids is 1. The van der Waals surface area contributed by atoms with E-state index in [0.717, 1.165) is 5.56 Å². The quantitative estimate of drug-likeness (QED) is 0.539. The van der Waals surface area contributed by atoms with Crippen LogP contribution in [0.2, 0.25) is 0 Å². The molecule has 2 N–H and O–H groups in total. The van der Waals surface area contributed by atoms with Crippen molar-refractivity contribution in [3.63, 3.8) is 0 Å². The molecule has 168 valence electrons. The van der Waals surface area contributed by atoms with Gasteiger partial charge in [0.2, 0.25) is 16.8 Å². The Morgan fingerprint density at radius 1 is 1.03 bits per heavy atom. The van der Waals surface area contributed by atoms with E-state index >= 15 is 0 Å². The van der Waals surface area contributed by atoms with Gasteiger partial charge in [0.05, 0.1) is 17.7 Å². The van der Waals surface area contributed by atoms with Gasteiger partial charge in [-0.1, -0.05) is 19.9 Å². The maximum Gasteiger partial charge on any atom is 0.251 e. The minimum atomic E-state index is -3.72. The van der Waals surface area contributed by atoms with Crippen LogP contribution in [0.4, 0.5) is 0 Å². The maximum absolute atomic E-state index is 12.6. The molecule has 0 unspecified atom stereocenters. The zero-order valence-corrected chi connectivity index (χ0v) is 18.6. The molecule has 0 radical (unpaired) electrons. The largest absolute Gasteiger partial charge is 0.468 e. The lowest BCUT2D eigenvalue weighted by molar-refractivity contribution is 0.0945. The molecule has 0 saturated heterocycles. The van der Waals surface area contributed by atoms with Crippen LogP contribution in [0, 0.1) is 0 Å². The molecule has 0 saturated carbocycles. The molecule has 0 spiro atoms. The maximum atomic E-state index is 12.6. The van der Waals surface area contributed by atoms with Crippen LogP contribution in [0.1, 0.15) is 35.5 Å². The molecule has 2 aromatic carbocycles. The fourth-order valence-corrected chi connectivity index (χ4v) is 4.26. The molecule has 9 heteroatoms. The highest BCUT2D eigenvalue weighted by Gasteiger charge is 2.25. The van der Waals surface area contributed by atoms with Crippen LogP contribution in [-0.4, -0.2) is 27.7 Å². The van der Waals surface area contributed by atoms with Crippen LogP contribution in [0.15, 0.2) is 70.2 Å². The van der Waals surface area contributed by atoms with Crippen LogP contribution < -0.4 is 19.5 Å². The number of nitrogens with one attached hydrogen (secondary N) is 2. The zero-order chi connectivity index (χ0) is 22.8. The first-order chi connectivity index (χ1) is 15.2. The Morgan fingerprint density at radius 3 is 2.50 bits per heavy atom. The molecule has 1 amide bonds. The number of hydrogen-bond acceptors (Lipinski definition) is 6. The number of hydrogen-bond donors (Lipinski definition) is 2. The van der Waals surface area contributed by atoms with Gasteiger partial charge in [0, 0.05) is 17.5 Å². The van der Waals surface area contributed by atoms with Crippen LogP contribution in [0.5, 0.6) is 11.5 Å². The predicted octanol–water partition coefficient (Wildman–Crippen LogP) is 3.19. The molecule has 1 aliphatic heterocycles. The molecule has 4 rings (SSSR count). The Bertz CT molecular complexity index is 1200. The van der Waals surface area contributed by atoms with Gasteiger partial charge >= 0.3 is 0 Å². The van der Waals surface area contributed by atoms with Crippen molar-refractivity contribution in [2.75, 3.05) is 13.3 Å². The highest BCUT2D eigenvalue weighted by Crippen LogP contribution is 2.36. The van der Waals surface area contributed by atoms with E-state index in [1.807, 2.05) is 32.0 Å². The summed E-state index contributed by atoms with van der Waals surface area (Å²) >= 11 is 0. The van der Waals surface area contributed by atoms with Crippen molar-refractivity contribution in [1.82, 2.24) is 10.0 Å². The Balaban J connectivity index is 1.37. The topological polar surface area (TPSA) is 107 Å². The molecule has 0 fully saturated rings. The number of benzene rings is 2. The molecule has 0 aliphatic carbocycles. The summed E-state index contributed by atoms with van der Waals surface area (Å²) in [6.07, 6.45) is 1.48. The lowest BCUT2D eigenvalue weighted by Gasteiger charge is -2.26. The second-order valence-corrected chi connectivity index (χ2v) is 9.83. The summed E-state index contributed by atoms with van der Waals surface area (Å²) in [5.74, 6) is 1.63. The number of amides is 1. The third kappa shape index (κ3) is 4.79. The summed E-state index contributed by atoms with van der Waals surface area (Å²) in [5.41, 5.74) is 1.03. The summed E-state index contributed by atoms with van der Waals surface area (Å²) in [6, 6.07) is 14.9. The smallest absolute Gasteiger partial charge is 0.251 e. The monoisotopic (exact) mass is 456 g/mol. The minimum absolute atomic E-state index is 0.0481. The van der Waals surface area contributed by atoms with E-state index in [9.17, 15) is 13.2 Å². The molecule has 2 heterocycles. The molecule has 32 heavy (non-hydrogen) atoms. The van der Waals surface area contributed by atoms with Gasteiger partial charge < -0.3 is 19.2 Å². The molecule has 1 aromatic heterocycles. The average molecular weight is 457 g/mol. The lowest BCUT2D eigenvalue weighted by Crippen LogP contribution is -2.36. The Kier molecular flexibility index (Phi) is 5.94. The number of furan rings is 1. The molecular weight excluding hydrogens is 432 g/mol. The molecule has 1 aliphatic rings. The molecule has 8 nitrogen and oxygen atoms in total. The van der Waals surface area contributed by atoms with E-state index in [4.69, 9.17) is 13.9 Å². The first-order valence-corrected chi connectivity index (χ1v) is 11.5. The number of fused-ring (bicyclic) bond motifs is 1. The van der Waals surface area contributed by atoms with E-state index in [0.29, 0.717) is 29.4 Å². The average Bonchev–Trinajstić information content (AvgIpc) is 3.47. The van der Waals surface area contributed by atoms with Crippen molar-refractivity contribution in [3.8, 4) is 11.5 Å². The highest BCUT2D eigenvalue weighted by molar-refractivity contribution is 7.89. The van der Waals surface area contributed by atoms with Crippen LogP contribution in [-0.2, 0) is 22.0 Å². The van der Waals surface area contributed by atoms with Gasteiger partial charge in [-0.15, -0.1) is 0 Å². The summed E-state index contributed by atoms with van der Waals surface area (Å²) < 4.78 is 43.2. The summed E-state index contributed by atoms with van der Waals surface area (Å²) in [4.78, 5) is 12.7. The van der Waals surface area contributed by atoms with Gasteiger partial charge in [0.15, 0.2) is 11.5 Å². The van der Waals surface area contributed by atoms with E-state index in [2.05, 4.69) is 10.0 Å². The highest BCUT2D eigenvalue weighted by atomic mass is 32.2. The molecule has 0 bridgehead atoms. The first kappa shape index (κ1) is 21.9. The normalized spacial score (nSPS) is 13.2. The SMILES string of the molecule is CC(C)(CNC(=O)c1ccc(S(=O)(=O)NCc2ccco2)cc1)c1ccc2c(c1)OCO2. The summed E-state index contributed by atoms with van der Waals surface area (Å²) in [5, 5.41) is 2.92. The van der Waals surface area contributed by atoms with Gasteiger partial charge in [-0.3, -0.25) is 4.79 Å². The fourth-order valence-electron chi connectivity index (χ4n) is 3.27. The van der Waals surface area contributed by atoms with Gasteiger partial charge in [-0.05, 0) is 54.1 Å². The second-order valence-electron chi connectivity index (χ2n) is 8.06. The van der Waals surface area contributed by atoms with Crippen molar-refractivity contribution in [1.29, 1.82) is 0 Å². The number of sulfonamides is 1. The van der Waals surface area contributed by atoms with E-state index in [-0.39, 0.29) is 29.6 Å². The lowest BCUT2D eigenvalue weighted by atomic mass is 9.84. The summed E-state index contributed by atoms with van der Waals surface area (Å²) in [7, 11) is -3.72. The van der Waals surface area contributed by atoms with Gasteiger partial charge in [-0.2, -0.15) is 0 Å². The van der Waals surface area contributed by atoms with Crippen molar-refractivity contribution < 1.29 is 27.1 Å². The number of carbonyl (C=O) groups is 1. The standard InChI is InChI=1S/C23H24N2O6S/c1-23(2,17-7-10-20-21(12-17)31-15-30-20)14-24-22(26)16-5-8-19(9-6-16)32(27,28)25-13-18-4-3-11-29-18/h3-12,25H,13-15H2,1-2H3,(H,24,26). The summed E-state index contributed by atoms with van der Waals surface area (Å²) in [6.45, 7) is 4.68. The van der Waals surface area contributed by atoms with Crippen molar-refractivity contribution in [3.05, 3.63) is 77.7 Å². The molecule has 0 atom stereocenters. The number of ether oxygens (including phenoxy) is 2. The zero-order valence-electron chi connectivity index (χ0n) is 17.8. The van der Waals surface area contributed by atoms with Gasteiger partial charge in [0.1, 0.15) is 5.76 Å². The Morgan fingerprint density at radius 2 is 1.78 bits per heavy atom. The third-order valence-corrected chi connectivity index (χ3v) is 6.71. The van der Waals surface area contributed by atoms with E-state index < -0.39 is 10.0 Å². The number of rotatable bonds is 8. The van der Waals surface area contributed by atoms with Gasteiger partial charge in [-0.25, -0.2) is 13.1 Å². The predicted molar refractivity (Wildman–Crippen MR) is 117 cm³/mol. The van der Waals surface area contributed by atoms with Gasteiger partial charge in [0.25, 0.3) is 5.91 Å². The first-order valence-electron chi connectivity index (χ1n) is 10.1. The van der Waals surface area contributed by atoms with Crippen LogP contribution in [0.3, 0.4) is 0 Å². The minimum Gasteiger partial charge on any atom is -0.468 e. The Hall–Kier alpha value is -3.30. The van der Waals surface area contributed by atoms with Crippen LogP contribution >= 0.6 is 0 Å². The van der Waals surface area contributed by atoms with Crippen LogP contribution in [0.25, 0.3) is 0 Å². The second kappa shape index (κ2) is 8.68. The third-order valence-electron chi connectivity index (χ3n) is 5.29. The van der Waals surface area contributed by atoms with Crippen molar-refractivity contribution in [2.24, 2.45) is 0 Å². The molecular formula is C23H24N2O6S. The van der Waals surface area contributed by atoms with Crippen molar-refractivity contribution in [2.45, 2.75) is 30.7 Å².